The predicted octanol–water partition coefficient (Wildman–Crippen LogP) is 3.68. The van der Waals surface area contributed by atoms with Gasteiger partial charge in [-0.1, -0.05) is 35.9 Å². The van der Waals surface area contributed by atoms with Crippen molar-refractivity contribution in [2.45, 2.75) is 6.92 Å². The Morgan fingerprint density at radius 3 is 2.50 bits per heavy atom. The molecule has 1 N–H and O–H groups in total. The second kappa shape index (κ2) is 5.21. The quantitative estimate of drug-likeness (QED) is 0.662. The maximum atomic E-state index is 12.0. The molecule has 0 aliphatic carbocycles. The lowest BCUT2D eigenvalue weighted by atomic mass is 10.1. The van der Waals surface area contributed by atoms with E-state index < -0.39 is 5.91 Å². The van der Waals surface area contributed by atoms with Crippen LogP contribution in [0.1, 0.15) is 15.9 Å². The van der Waals surface area contributed by atoms with Gasteiger partial charge in [0, 0.05) is 10.6 Å². The number of carbonyl (C=O) groups is 1. The van der Waals surface area contributed by atoms with Gasteiger partial charge in [-0.15, -0.1) is 0 Å². The fourth-order valence-electron chi connectivity index (χ4n) is 1.62. The fraction of sp³-hybridized carbons (Fsp3) is 0.0714. The van der Waals surface area contributed by atoms with Crippen molar-refractivity contribution >= 4 is 23.2 Å². The van der Waals surface area contributed by atoms with Gasteiger partial charge in [-0.25, -0.2) is 0 Å². The third kappa shape index (κ3) is 2.53. The Hall–Kier alpha value is -1.84. The molecule has 2 aromatic rings. The molecule has 18 heavy (non-hydrogen) atoms. The zero-order valence-corrected chi connectivity index (χ0v) is 10.6. The molecular weight excluding hydrogens is 250 g/mol. The molecule has 2 aromatic carbocycles. The molecule has 0 aliphatic heterocycles. The van der Waals surface area contributed by atoms with Crippen molar-refractivity contribution in [2.24, 2.45) is 0 Å². The van der Waals surface area contributed by atoms with Crippen LogP contribution in [0.5, 0.6) is 0 Å². The summed E-state index contributed by atoms with van der Waals surface area (Å²) in [5.41, 5.74) is 1.57. The summed E-state index contributed by atoms with van der Waals surface area (Å²) in [6.07, 6.45) is 0. The van der Waals surface area contributed by atoms with Crippen LogP contribution in [0.25, 0.3) is 0 Å². The molecule has 4 heteroatoms. The van der Waals surface area contributed by atoms with Crippen LogP contribution in [-0.2, 0) is 0 Å². The van der Waals surface area contributed by atoms with E-state index in [1.807, 2.05) is 6.07 Å². The van der Waals surface area contributed by atoms with Crippen LogP contribution < -0.4 is 5.06 Å². The number of amides is 1. The highest BCUT2D eigenvalue weighted by molar-refractivity contribution is 6.31. The van der Waals surface area contributed by atoms with Gasteiger partial charge in [0.15, 0.2) is 0 Å². The molecule has 0 heterocycles. The summed E-state index contributed by atoms with van der Waals surface area (Å²) in [5.74, 6) is -0.485. The number of aryl methyl sites for hydroxylation is 1. The molecule has 0 radical (unpaired) electrons. The van der Waals surface area contributed by atoms with Crippen molar-refractivity contribution in [1.29, 1.82) is 0 Å². The number of halogens is 1. The van der Waals surface area contributed by atoms with E-state index in [9.17, 15) is 10.0 Å². The summed E-state index contributed by atoms with van der Waals surface area (Å²) in [4.78, 5) is 12.0. The lowest BCUT2D eigenvalue weighted by Crippen LogP contribution is -2.27. The first-order chi connectivity index (χ1) is 8.59. The van der Waals surface area contributed by atoms with E-state index >= 15 is 0 Å². The molecular formula is C14H12ClNO2. The summed E-state index contributed by atoms with van der Waals surface area (Å²) in [6, 6.07) is 13.6. The van der Waals surface area contributed by atoms with Gasteiger partial charge in [-0.05, 0) is 36.8 Å². The zero-order valence-electron chi connectivity index (χ0n) is 9.80. The van der Waals surface area contributed by atoms with E-state index in [-0.39, 0.29) is 0 Å². The molecule has 0 bridgehead atoms. The number of hydrogen-bond donors (Lipinski definition) is 1. The van der Waals surface area contributed by atoms with Crippen LogP contribution in [0, 0.1) is 6.92 Å². The first-order valence-electron chi connectivity index (χ1n) is 5.44. The van der Waals surface area contributed by atoms with Crippen LogP contribution in [0.2, 0.25) is 5.02 Å². The maximum absolute atomic E-state index is 12.0. The summed E-state index contributed by atoms with van der Waals surface area (Å²) >= 11 is 5.86. The highest BCUT2D eigenvalue weighted by Crippen LogP contribution is 2.24. The third-order valence-corrected chi connectivity index (χ3v) is 2.85. The van der Waals surface area contributed by atoms with Crippen LogP contribution >= 0.6 is 11.6 Å². The van der Waals surface area contributed by atoms with E-state index in [4.69, 9.17) is 11.6 Å². The van der Waals surface area contributed by atoms with Crippen LogP contribution in [-0.4, -0.2) is 11.1 Å². The van der Waals surface area contributed by atoms with E-state index in [2.05, 4.69) is 0 Å². The zero-order chi connectivity index (χ0) is 13.1. The molecule has 0 aliphatic rings. The van der Waals surface area contributed by atoms with Gasteiger partial charge in [0.2, 0.25) is 0 Å². The number of hydroxylamine groups is 1. The van der Waals surface area contributed by atoms with Gasteiger partial charge in [-0.3, -0.25) is 10.0 Å². The van der Waals surface area contributed by atoms with E-state index in [1.54, 1.807) is 49.4 Å². The van der Waals surface area contributed by atoms with Crippen molar-refractivity contribution in [1.82, 2.24) is 0 Å². The van der Waals surface area contributed by atoms with Crippen LogP contribution in [0.3, 0.4) is 0 Å². The van der Waals surface area contributed by atoms with Gasteiger partial charge in [0.1, 0.15) is 0 Å². The number of hydrogen-bond acceptors (Lipinski definition) is 2. The first kappa shape index (κ1) is 12.6. The first-order valence-corrected chi connectivity index (χ1v) is 5.82. The highest BCUT2D eigenvalue weighted by atomic mass is 35.5. The summed E-state index contributed by atoms with van der Waals surface area (Å²) in [7, 11) is 0. The Bertz CT molecular complexity index is 569. The topological polar surface area (TPSA) is 40.5 Å². The second-order valence-electron chi connectivity index (χ2n) is 3.91. The largest absolute Gasteiger partial charge is 0.281 e. The monoisotopic (exact) mass is 261 g/mol. The molecule has 0 saturated heterocycles. The number of anilines is 1. The number of nitrogens with zero attached hydrogens (tertiary/aromatic N) is 1. The average Bonchev–Trinajstić information content (AvgIpc) is 2.41. The van der Waals surface area contributed by atoms with E-state index in [1.165, 1.54) is 0 Å². The maximum Gasteiger partial charge on any atom is 0.281 e. The summed E-state index contributed by atoms with van der Waals surface area (Å²) in [6.45, 7) is 1.80. The number of rotatable bonds is 2. The molecule has 3 nitrogen and oxygen atoms in total. The molecule has 0 atom stereocenters. The fourth-order valence-corrected chi connectivity index (χ4v) is 1.79. The molecule has 2 rings (SSSR count). The molecule has 0 fully saturated rings. The van der Waals surface area contributed by atoms with Gasteiger partial charge >= 0.3 is 0 Å². The van der Waals surface area contributed by atoms with Crippen molar-refractivity contribution < 1.29 is 10.0 Å². The Morgan fingerprint density at radius 1 is 1.17 bits per heavy atom. The molecule has 0 saturated carbocycles. The minimum atomic E-state index is -0.485. The summed E-state index contributed by atoms with van der Waals surface area (Å²) < 4.78 is 0. The Morgan fingerprint density at radius 2 is 1.83 bits per heavy atom. The molecule has 92 valence electrons. The molecule has 0 spiro atoms. The molecule has 1 amide bonds. The van der Waals surface area contributed by atoms with Crippen molar-refractivity contribution in [3.63, 3.8) is 0 Å². The highest BCUT2D eigenvalue weighted by Gasteiger charge is 2.17. The van der Waals surface area contributed by atoms with Gasteiger partial charge in [-0.2, -0.15) is 5.06 Å². The molecule has 0 aromatic heterocycles. The lowest BCUT2D eigenvalue weighted by molar-refractivity contribution is 0.0854. The SMILES string of the molecule is Cc1ccc(Cl)cc1N(O)C(=O)c1ccccc1. The third-order valence-electron chi connectivity index (χ3n) is 2.61. The van der Waals surface area contributed by atoms with Gasteiger partial charge < -0.3 is 0 Å². The standard InChI is InChI=1S/C14H12ClNO2/c1-10-7-8-12(15)9-13(10)16(18)14(17)11-5-3-2-4-6-11/h2-9,18H,1H3. The van der Waals surface area contributed by atoms with Gasteiger partial charge in [0.05, 0.1) is 5.69 Å². The van der Waals surface area contributed by atoms with Crippen molar-refractivity contribution in [3.8, 4) is 0 Å². The Kier molecular flexibility index (Phi) is 3.65. The number of carbonyl (C=O) groups excluding carboxylic acids is 1. The molecule has 0 unspecified atom stereocenters. The predicted molar refractivity (Wildman–Crippen MR) is 71.2 cm³/mol. The van der Waals surface area contributed by atoms with Crippen LogP contribution in [0.15, 0.2) is 48.5 Å². The minimum Gasteiger partial charge on any atom is -0.281 e. The summed E-state index contributed by atoms with van der Waals surface area (Å²) in [5, 5.41) is 11.1. The smallest absolute Gasteiger partial charge is 0.281 e. The average molecular weight is 262 g/mol. The minimum absolute atomic E-state index is 0.386. The lowest BCUT2D eigenvalue weighted by Gasteiger charge is -2.17. The Labute approximate surface area is 110 Å². The second-order valence-corrected chi connectivity index (χ2v) is 4.35. The van der Waals surface area contributed by atoms with E-state index in [0.29, 0.717) is 21.3 Å². The van der Waals surface area contributed by atoms with Gasteiger partial charge in [0.25, 0.3) is 5.91 Å². The van der Waals surface area contributed by atoms with Crippen molar-refractivity contribution in [2.75, 3.05) is 5.06 Å². The van der Waals surface area contributed by atoms with E-state index in [0.717, 1.165) is 5.56 Å². The van der Waals surface area contributed by atoms with Crippen LogP contribution in [0.4, 0.5) is 5.69 Å². The normalized spacial score (nSPS) is 10.2. The Balaban J connectivity index is 2.34. The number of benzene rings is 2. The van der Waals surface area contributed by atoms with Crippen molar-refractivity contribution in [3.05, 3.63) is 64.7 Å².